The molecule has 1 aromatic heterocycles. The van der Waals surface area contributed by atoms with Gasteiger partial charge in [-0.1, -0.05) is 72.6 Å². The van der Waals surface area contributed by atoms with E-state index in [1.165, 1.54) is 0 Å². The van der Waals surface area contributed by atoms with Crippen molar-refractivity contribution in [3.05, 3.63) is 101 Å². The van der Waals surface area contributed by atoms with Crippen LogP contribution in [0.3, 0.4) is 0 Å². The molecule has 4 aromatic rings. The van der Waals surface area contributed by atoms with E-state index in [-0.39, 0.29) is 5.91 Å². The summed E-state index contributed by atoms with van der Waals surface area (Å²) < 4.78 is 0. The molecular formula is C28H26ClN3O3. The lowest BCUT2D eigenvalue weighted by Gasteiger charge is -2.37. The summed E-state index contributed by atoms with van der Waals surface area (Å²) in [5.41, 5.74) is 2.55. The minimum Gasteiger partial charge on any atom is -0.479 e. The highest BCUT2D eigenvalue weighted by Gasteiger charge is 2.63. The summed E-state index contributed by atoms with van der Waals surface area (Å²) in [6, 6.07) is 21.8. The Balaban J connectivity index is 1.71. The predicted octanol–water partition coefficient (Wildman–Crippen LogP) is 5.78. The van der Waals surface area contributed by atoms with Crippen LogP contribution in [0, 0.1) is 12.8 Å². The number of rotatable bonds is 6. The second-order valence-corrected chi connectivity index (χ2v) is 9.61. The zero-order valence-corrected chi connectivity index (χ0v) is 20.2. The molecule has 1 aliphatic heterocycles. The molecule has 1 fully saturated rings. The molecule has 178 valence electrons. The number of nitrogens with one attached hydrogen (secondary N) is 2. The van der Waals surface area contributed by atoms with Gasteiger partial charge in [0.2, 0.25) is 5.91 Å². The van der Waals surface area contributed by atoms with Crippen LogP contribution < -0.4 is 5.32 Å². The standard InChI is InChI=1S/C28H26ClN3O3/c1-17-8-11-21(12-9-17)31-28(27(34)35)18(2)26(33)32(16-19-6-4-3-5-7-19)25(28)23-15-30-24-14-20(29)10-13-22(23)24/h3-15,18,25,30-31H,16H2,1-2H3,(H,34,35). The number of fused-ring (bicyclic) bond motifs is 1. The quantitative estimate of drug-likeness (QED) is 0.321. The van der Waals surface area contributed by atoms with Crippen LogP contribution in [0.25, 0.3) is 10.9 Å². The van der Waals surface area contributed by atoms with E-state index in [9.17, 15) is 14.7 Å². The van der Waals surface area contributed by atoms with Gasteiger partial charge in [0.1, 0.15) is 0 Å². The second-order valence-electron chi connectivity index (χ2n) is 9.18. The smallest absolute Gasteiger partial charge is 0.332 e. The Labute approximate surface area is 208 Å². The van der Waals surface area contributed by atoms with Crippen molar-refractivity contribution in [1.82, 2.24) is 9.88 Å². The van der Waals surface area contributed by atoms with Crippen molar-refractivity contribution in [2.45, 2.75) is 32.0 Å². The minimum atomic E-state index is -1.60. The Morgan fingerprint density at radius 3 is 2.51 bits per heavy atom. The molecule has 3 atom stereocenters. The van der Waals surface area contributed by atoms with Crippen LogP contribution in [0.15, 0.2) is 79.0 Å². The number of carboxylic acid groups (broad SMARTS) is 1. The van der Waals surface area contributed by atoms with E-state index in [1.807, 2.05) is 67.6 Å². The number of aromatic amines is 1. The molecule has 7 heteroatoms. The number of nitrogens with zero attached hydrogens (tertiary/aromatic N) is 1. The molecule has 3 aromatic carbocycles. The summed E-state index contributed by atoms with van der Waals surface area (Å²) in [5, 5.41) is 15.5. The predicted molar refractivity (Wildman–Crippen MR) is 137 cm³/mol. The average molecular weight is 488 g/mol. The Bertz CT molecular complexity index is 1400. The fourth-order valence-corrected chi connectivity index (χ4v) is 5.34. The number of aryl methyl sites for hydroxylation is 1. The molecule has 0 saturated carbocycles. The molecule has 3 N–H and O–H groups in total. The van der Waals surface area contributed by atoms with Gasteiger partial charge in [0.25, 0.3) is 0 Å². The summed E-state index contributed by atoms with van der Waals surface area (Å²) in [6.45, 7) is 3.96. The lowest BCUT2D eigenvalue weighted by molar-refractivity contribution is -0.145. The third-order valence-electron chi connectivity index (χ3n) is 7.00. The fourth-order valence-electron chi connectivity index (χ4n) is 5.17. The van der Waals surface area contributed by atoms with Crippen LogP contribution in [-0.2, 0) is 16.1 Å². The number of amides is 1. The van der Waals surface area contributed by atoms with Crippen molar-refractivity contribution in [2.75, 3.05) is 5.32 Å². The lowest BCUT2D eigenvalue weighted by Crippen LogP contribution is -2.54. The van der Waals surface area contributed by atoms with Gasteiger partial charge in [-0.2, -0.15) is 0 Å². The third kappa shape index (κ3) is 3.84. The summed E-state index contributed by atoms with van der Waals surface area (Å²) in [6.07, 6.45) is 1.80. The number of aromatic nitrogens is 1. The Kier molecular flexibility index (Phi) is 5.77. The topological polar surface area (TPSA) is 85.4 Å². The molecule has 1 saturated heterocycles. The van der Waals surface area contributed by atoms with Crippen LogP contribution in [0.5, 0.6) is 0 Å². The fraction of sp³-hybridized carbons (Fsp3) is 0.214. The highest BCUT2D eigenvalue weighted by Crippen LogP contribution is 2.49. The van der Waals surface area contributed by atoms with Gasteiger partial charge in [-0.15, -0.1) is 0 Å². The van der Waals surface area contributed by atoms with Crippen LogP contribution in [0.1, 0.15) is 29.7 Å². The molecular weight excluding hydrogens is 462 g/mol. The number of benzene rings is 3. The second kappa shape index (κ2) is 8.78. The minimum absolute atomic E-state index is 0.218. The normalized spacial score (nSPS) is 22.0. The average Bonchev–Trinajstić information content (AvgIpc) is 3.34. The lowest BCUT2D eigenvalue weighted by atomic mass is 9.78. The SMILES string of the molecule is Cc1ccc(NC2(C(=O)O)C(C)C(=O)N(Cc3ccccc3)C2c2c[nH]c3cc(Cl)ccc23)cc1. The van der Waals surface area contributed by atoms with Gasteiger partial charge >= 0.3 is 5.97 Å². The molecule has 2 heterocycles. The zero-order valence-electron chi connectivity index (χ0n) is 19.5. The first kappa shape index (κ1) is 23.0. The maximum Gasteiger partial charge on any atom is 0.332 e. The summed E-state index contributed by atoms with van der Waals surface area (Å²) in [4.78, 5) is 31.8. The number of carbonyl (C=O) groups is 2. The van der Waals surface area contributed by atoms with Crippen molar-refractivity contribution in [2.24, 2.45) is 5.92 Å². The number of carbonyl (C=O) groups excluding carboxylic acids is 1. The first-order valence-electron chi connectivity index (χ1n) is 11.5. The van der Waals surface area contributed by atoms with E-state index >= 15 is 0 Å². The monoisotopic (exact) mass is 487 g/mol. The number of halogens is 1. The van der Waals surface area contributed by atoms with E-state index in [2.05, 4.69) is 10.3 Å². The van der Waals surface area contributed by atoms with Crippen molar-refractivity contribution in [3.63, 3.8) is 0 Å². The van der Waals surface area contributed by atoms with E-state index in [0.717, 1.165) is 27.6 Å². The molecule has 35 heavy (non-hydrogen) atoms. The van der Waals surface area contributed by atoms with Gasteiger partial charge in [-0.3, -0.25) is 4.79 Å². The van der Waals surface area contributed by atoms with Gasteiger partial charge in [0, 0.05) is 39.9 Å². The largest absolute Gasteiger partial charge is 0.479 e. The van der Waals surface area contributed by atoms with E-state index in [4.69, 9.17) is 11.6 Å². The van der Waals surface area contributed by atoms with E-state index < -0.39 is 23.5 Å². The third-order valence-corrected chi connectivity index (χ3v) is 7.24. The maximum atomic E-state index is 13.8. The number of hydrogen-bond acceptors (Lipinski definition) is 3. The molecule has 1 amide bonds. The molecule has 1 aliphatic rings. The zero-order chi connectivity index (χ0) is 24.7. The number of likely N-dealkylation sites (tertiary alicyclic amines) is 1. The van der Waals surface area contributed by atoms with Crippen molar-refractivity contribution >= 4 is 40.1 Å². The van der Waals surface area contributed by atoms with Gasteiger partial charge < -0.3 is 20.3 Å². The molecule has 3 unspecified atom stereocenters. The number of hydrogen-bond donors (Lipinski definition) is 3. The van der Waals surface area contributed by atoms with E-state index in [0.29, 0.717) is 17.3 Å². The Hall–Kier alpha value is -3.77. The van der Waals surface area contributed by atoms with Gasteiger partial charge in [-0.05, 0) is 36.8 Å². The number of anilines is 1. The summed E-state index contributed by atoms with van der Waals surface area (Å²) in [5.74, 6) is -2.13. The first-order valence-corrected chi connectivity index (χ1v) is 11.9. The van der Waals surface area contributed by atoms with Crippen LogP contribution in [0.4, 0.5) is 5.69 Å². The molecule has 0 spiro atoms. The van der Waals surface area contributed by atoms with Crippen LogP contribution >= 0.6 is 11.6 Å². The molecule has 6 nitrogen and oxygen atoms in total. The Morgan fingerprint density at radius 2 is 1.83 bits per heavy atom. The molecule has 0 aliphatic carbocycles. The summed E-state index contributed by atoms with van der Waals surface area (Å²) in [7, 11) is 0. The van der Waals surface area contributed by atoms with Gasteiger partial charge in [0.15, 0.2) is 5.54 Å². The molecule has 0 bridgehead atoms. The van der Waals surface area contributed by atoms with Crippen LogP contribution in [-0.4, -0.2) is 32.4 Å². The number of H-pyrrole nitrogens is 1. The van der Waals surface area contributed by atoms with Crippen molar-refractivity contribution in [1.29, 1.82) is 0 Å². The maximum absolute atomic E-state index is 13.8. The number of aliphatic carboxylic acids is 1. The van der Waals surface area contributed by atoms with Gasteiger partial charge in [-0.25, -0.2) is 4.79 Å². The molecule has 5 rings (SSSR count). The van der Waals surface area contributed by atoms with Gasteiger partial charge in [0.05, 0.1) is 12.0 Å². The molecule has 0 radical (unpaired) electrons. The van der Waals surface area contributed by atoms with Crippen molar-refractivity contribution in [3.8, 4) is 0 Å². The highest BCUT2D eigenvalue weighted by molar-refractivity contribution is 6.31. The van der Waals surface area contributed by atoms with Crippen LogP contribution in [0.2, 0.25) is 5.02 Å². The van der Waals surface area contributed by atoms with E-state index in [1.54, 1.807) is 30.2 Å². The van der Waals surface area contributed by atoms with Crippen molar-refractivity contribution < 1.29 is 14.7 Å². The highest BCUT2D eigenvalue weighted by atomic mass is 35.5. The first-order chi connectivity index (χ1) is 16.8. The number of carboxylic acids is 1. The summed E-state index contributed by atoms with van der Waals surface area (Å²) >= 11 is 6.21. The Morgan fingerprint density at radius 1 is 1.11 bits per heavy atom.